The van der Waals surface area contributed by atoms with Gasteiger partial charge < -0.3 is 31.0 Å². The molecular weight excluding hydrogens is 1330 g/mol. The summed E-state index contributed by atoms with van der Waals surface area (Å²) in [6.07, 6.45) is 2.97. The number of oxime groups is 1. The van der Waals surface area contributed by atoms with Gasteiger partial charge in [-0.3, -0.25) is 58.8 Å². The fraction of sp³-hybridized carbons (Fsp3) is 0.400. The van der Waals surface area contributed by atoms with E-state index in [0.717, 1.165) is 58.4 Å². The van der Waals surface area contributed by atoms with Crippen LogP contribution in [0.3, 0.4) is 0 Å². The SMILES string of the molecule is CNC(=O)[C@@H](CC(=O)C1(CC(=O)NO)CCCCC1)Cc1ccc(OC)cc1.CNC(=O)[C@@H](CC(=O)[C@H](CC#Cc1ccc(-c2ccc(C)cc2)cc1)[C@H](O)C(=O)NO)C(C)(C)C.CNC(=O)[C@@H](CC(=O)[C@H](Cc1ccccc1)[C@H](CSCC(=NO)c1ccccc1)C(=O)NO)Cc1ccccc1. The van der Waals surface area contributed by atoms with E-state index in [2.05, 4.69) is 32.9 Å². The zero-order chi connectivity index (χ0) is 75.5. The molecular formula is C80H99N7O15S. The standard InChI is InChI=1S/C31H35N3O5S.C28H34N2O5.C21H30N2O5/c1-32-30(36)25(17-22-11-5-2-6-12-22)19-29(35)26(18-23-13-7-3-8-14-23)27(31(37)34-39)20-40-21-28(33-38)24-15-9-4-10-16-24;1-18-9-13-20(14-10-18)21-15-11-19(12-16-21)7-6-8-22(25(32)27(34)30-35)24(31)17-23(26(33)29-5)28(2,3)4;1-22-20(26)16(12-15-6-8-17(28-2)9-7-15)13-18(24)21(14-19(25)23-27)10-4-3-5-11-21/h2-16,25-27,38-39H,17-21H2,1H3,(H,32,36)(H,34,37);9-16,22-23,25,32,35H,8,17H2,1-5H3,(H,29,33)(H,30,34);6-9,16,27H,3-5,10-14H2,1-2H3,(H,22,26)(H,23,25)/t25-,26-,27+;22-,23+,25-;16-/m101/s1. The Morgan fingerprint density at radius 2 is 1.06 bits per heavy atom. The molecule has 0 spiro atoms. The van der Waals surface area contributed by atoms with Crippen LogP contribution in [-0.2, 0) is 62.4 Å². The van der Waals surface area contributed by atoms with Gasteiger partial charge in [-0.1, -0.05) is 202 Å². The van der Waals surface area contributed by atoms with Crippen molar-refractivity contribution in [2.45, 2.75) is 117 Å². The molecule has 1 aliphatic rings. The monoisotopic (exact) mass is 1430 g/mol. The average Bonchev–Trinajstić information content (AvgIpc) is 0.781. The number of aliphatic hydroxyl groups is 1. The third-order valence-electron chi connectivity index (χ3n) is 18.5. The number of methoxy groups -OCH3 is 1. The number of aryl methyl sites for hydroxylation is 1. The number of nitrogens with one attached hydrogen (secondary N) is 6. The van der Waals surface area contributed by atoms with Gasteiger partial charge in [-0.25, -0.2) is 16.4 Å². The van der Waals surface area contributed by atoms with Crippen molar-refractivity contribution in [2.75, 3.05) is 39.8 Å². The summed E-state index contributed by atoms with van der Waals surface area (Å²) in [6.45, 7) is 7.55. The maximum atomic E-state index is 13.9. The second-order valence-corrected chi connectivity index (χ2v) is 27.7. The Morgan fingerprint density at radius 3 is 1.55 bits per heavy atom. The van der Waals surface area contributed by atoms with Gasteiger partial charge in [0.2, 0.25) is 29.5 Å². The van der Waals surface area contributed by atoms with Crippen LogP contribution in [-0.4, -0.2) is 130 Å². The van der Waals surface area contributed by atoms with Crippen molar-refractivity contribution >= 4 is 70.3 Å². The number of ketones is 3. The topological polar surface area (TPSA) is 349 Å². The largest absolute Gasteiger partial charge is 0.497 e. The quantitative estimate of drug-likeness (QED) is 0.00615. The predicted molar refractivity (Wildman–Crippen MR) is 395 cm³/mol. The first-order valence-corrected chi connectivity index (χ1v) is 35.5. The minimum Gasteiger partial charge on any atom is -0.497 e. The van der Waals surface area contributed by atoms with Crippen LogP contribution in [0.2, 0.25) is 0 Å². The molecule has 23 heteroatoms. The molecule has 0 aliphatic heterocycles. The molecule has 6 aromatic carbocycles. The van der Waals surface area contributed by atoms with E-state index >= 15 is 0 Å². The van der Waals surface area contributed by atoms with Crippen LogP contribution < -0.4 is 37.1 Å². The van der Waals surface area contributed by atoms with Gasteiger partial charge in [0.25, 0.3) is 5.91 Å². The number of carbonyl (C=O) groups is 9. The fourth-order valence-corrected chi connectivity index (χ4v) is 13.6. The Bertz CT molecular complexity index is 3800. The Kier molecular flexibility index (Phi) is 35.2. The van der Waals surface area contributed by atoms with E-state index in [1.165, 1.54) is 36.9 Å². The minimum atomic E-state index is -1.80. The van der Waals surface area contributed by atoms with Crippen LogP contribution in [0.15, 0.2) is 169 Å². The molecule has 0 unspecified atom stereocenters. The molecule has 550 valence electrons. The molecule has 7 atom stereocenters. The average molecular weight is 1430 g/mol. The number of carbonyl (C=O) groups excluding carboxylic acids is 9. The second-order valence-electron chi connectivity index (χ2n) is 26.7. The van der Waals surface area contributed by atoms with Gasteiger partial charge in [0, 0.05) is 105 Å². The Hall–Kier alpha value is -9.83. The number of amides is 6. The molecule has 0 heterocycles. The Labute approximate surface area is 607 Å². The highest BCUT2D eigenvalue weighted by Gasteiger charge is 2.43. The normalized spacial score (nSPS) is 14.4. The summed E-state index contributed by atoms with van der Waals surface area (Å²) in [4.78, 5) is 114. The molecule has 0 aromatic heterocycles. The number of benzene rings is 6. The maximum absolute atomic E-state index is 13.9. The van der Waals surface area contributed by atoms with Crippen molar-refractivity contribution in [1.82, 2.24) is 32.4 Å². The van der Waals surface area contributed by atoms with E-state index in [9.17, 15) is 58.7 Å². The lowest BCUT2D eigenvalue weighted by atomic mass is 9.67. The summed E-state index contributed by atoms with van der Waals surface area (Å²) < 4.78 is 5.16. The van der Waals surface area contributed by atoms with Crippen molar-refractivity contribution in [3.63, 3.8) is 0 Å². The molecule has 6 amide bonds. The number of ether oxygens (including phenoxy) is 1. The summed E-state index contributed by atoms with van der Waals surface area (Å²) in [6, 6.07) is 51.2. The lowest BCUT2D eigenvalue weighted by Gasteiger charge is -2.36. The van der Waals surface area contributed by atoms with Gasteiger partial charge in [-0.2, -0.15) is 11.8 Å². The molecule has 22 nitrogen and oxygen atoms in total. The van der Waals surface area contributed by atoms with E-state index in [0.29, 0.717) is 37.0 Å². The first-order valence-electron chi connectivity index (χ1n) is 34.3. The minimum absolute atomic E-state index is 0.0364. The van der Waals surface area contributed by atoms with Crippen molar-refractivity contribution in [3.8, 4) is 28.7 Å². The zero-order valence-electron chi connectivity index (χ0n) is 59.9. The fourth-order valence-electron chi connectivity index (χ4n) is 12.4. The van der Waals surface area contributed by atoms with Crippen molar-refractivity contribution < 1.29 is 73.8 Å². The molecule has 1 fully saturated rings. The number of nitrogens with zero attached hydrogens (tertiary/aromatic N) is 1. The number of aliphatic hydroxyl groups excluding tert-OH is 1. The molecule has 6 aromatic rings. The van der Waals surface area contributed by atoms with Crippen LogP contribution in [0.4, 0.5) is 0 Å². The highest BCUT2D eigenvalue weighted by atomic mass is 32.2. The molecule has 0 bridgehead atoms. The second kappa shape index (κ2) is 43.2. The van der Waals surface area contributed by atoms with E-state index in [1.807, 2.05) is 191 Å². The van der Waals surface area contributed by atoms with Crippen LogP contribution in [0.5, 0.6) is 5.75 Å². The first-order chi connectivity index (χ1) is 49.4. The molecule has 1 saturated carbocycles. The Balaban J connectivity index is 0.000000282. The van der Waals surface area contributed by atoms with Gasteiger partial charge >= 0.3 is 0 Å². The smallest absolute Gasteiger partial charge is 0.272 e. The number of Topliss-reactive ketones (excluding diaryl/α,β-unsaturated/α-hetero) is 3. The molecule has 1 aliphatic carbocycles. The number of hydrogen-bond acceptors (Lipinski definition) is 17. The highest BCUT2D eigenvalue weighted by molar-refractivity contribution is 8.00. The van der Waals surface area contributed by atoms with E-state index in [-0.39, 0.29) is 79.3 Å². The van der Waals surface area contributed by atoms with Crippen molar-refractivity contribution in [1.29, 1.82) is 0 Å². The van der Waals surface area contributed by atoms with Gasteiger partial charge in [0.15, 0.2) is 0 Å². The van der Waals surface area contributed by atoms with Crippen molar-refractivity contribution in [2.24, 2.45) is 51.5 Å². The van der Waals surface area contributed by atoms with E-state index in [4.69, 9.17) is 15.2 Å². The molecule has 103 heavy (non-hydrogen) atoms. The van der Waals surface area contributed by atoms with Gasteiger partial charge in [-0.05, 0) is 96.5 Å². The summed E-state index contributed by atoms with van der Waals surface area (Å²) in [5.41, 5.74) is 11.4. The molecule has 0 radical (unpaired) electrons. The zero-order valence-corrected chi connectivity index (χ0v) is 60.7. The lowest BCUT2D eigenvalue weighted by Crippen LogP contribution is -2.44. The molecule has 11 N–H and O–H groups in total. The van der Waals surface area contributed by atoms with Gasteiger partial charge in [-0.15, -0.1) is 0 Å². The van der Waals surface area contributed by atoms with Crippen LogP contribution in [0.25, 0.3) is 11.1 Å². The summed E-state index contributed by atoms with van der Waals surface area (Å²) in [5, 5.41) is 58.7. The van der Waals surface area contributed by atoms with Crippen molar-refractivity contribution in [3.05, 3.63) is 197 Å². The maximum Gasteiger partial charge on any atom is 0.272 e. The molecule has 7 rings (SSSR count). The van der Waals surface area contributed by atoms with Crippen LogP contribution in [0.1, 0.15) is 118 Å². The molecule has 0 saturated heterocycles. The Morgan fingerprint density at radius 1 is 0.563 bits per heavy atom. The van der Waals surface area contributed by atoms with E-state index in [1.54, 1.807) is 25.1 Å². The van der Waals surface area contributed by atoms with E-state index < -0.39 is 75.9 Å². The number of hydroxylamine groups is 3. The van der Waals surface area contributed by atoms with Gasteiger partial charge in [0.05, 0.1) is 24.7 Å². The highest BCUT2D eigenvalue weighted by Crippen LogP contribution is 2.42. The number of thioether (sulfide) groups is 1. The summed E-state index contributed by atoms with van der Waals surface area (Å²) >= 11 is 1.33. The first kappa shape index (κ1) is 83.8. The summed E-state index contributed by atoms with van der Waals surface area (Å²) in [5.74, 6) is -1.49. The third kappa shape index (κ3) is 26.8. The number of hydrogen-bond donors (Lipinski definition) is 11. The lowest BCUT2D eigenvalue weighted by molar-refractivity contribution is -0.146. The van der Waals surface area contributed by atoms with Crippen LogP contribution in [0, 0.1) is 65.1 Å². The summed E-state index contributed by atoms with van der Waals surface area (Å²) in [7, 11) is 6.18. The van der Waals surface area contributed by atoms with Crippen LogP contribution >= 0.6 is 11.8 Å². The van der Waals surface area contributed by atoms with Gasteiger partial charge in [0.1, 0.15) is 29.2 Å². The third-order valence-corrected chi connectivity index (χ3v) is 19.6. The number of rotatable bonds is 32. The predicted octanol–water partition coefficient (Wildman–Crippen LogP) is 9.80.